The van der Waals surface area contributed by atoms with Crippen LogP contribution < -0.4 is 4.90 Å². The molecule has 2 aromatic rings. The summed E-state index contributed by atoms with van der Waals surface area (Å²) in [7, 11) is 0. The molecule has 0 bridgehead atoms. The van der Waals surface area contributed by atoms with Gasteiger partial charge in [-0.15, -0.1) is 5.10 Å². The van der Waals surface area contributed by atoms with Crippen LogP contribution in [0.4, 0.5) is 5.95 Å². The Morgan fingerprint density at radius 3 is 2.67 bits per heavy atom. The normalized spacial score (nSPS) is 14.6. The molecule has 21 heavy (non-hydrogen) atoms. The first-order chi connectivity index (χ1) is 10.2. The van der Waals surface area contributed by atoms with E-state index in [0.717, 1.165) is 18.2 Å². The van der Waals surface area contributed by atoms with Gasteiger partial charge in [0, 0.05) is 12.6 Å². The first kappa shape index (κ1) is 14.3. The van der Waals surface area contributed by atoms with E-state index in [1.807, 2.05) is 22.8 Å². The van der Waals surface area contributed by atoms with Crippen molar-refractivity contribution in [3.05, 3.63) is 35.1 Å². The van der Waals surface area contributed by atoms with Gasteiger partial charge in [0.25, 0.3) is 0 Å². The van der Waals surface area contributed by atoms with Crippen LogP contribution in [-0.2, 0) is 0 Å². The molecule has 1 fully saturated rings. The van der Waals surface area contributed by atoms with Crippen molar-refractivity contribution < 1.29 is 0 Å². The van der Waals surface area contributed by atoms with Crippen molar-refractivity contribution in [2.75, 3.05) is 11.4 Å². The fraction of sp³-hybridized carbons (Fsp3) is 0.500. The van der Waals surface area contributed by atoms with Crippen LogP contribution >= 0.6 is 12.2 Å². The molecule has 112 valence electrons. The Morgan fingerprint density at radius 1 is 1.33 bits per heavy atom. The summed E-state index contributed by atoms with van der Waals surface area (Å²) in [6.07, 6.45) is 3.68. The average molecular weight is 302 g/mol. The number of nitrogens with one attached hydrogen (secondary N) is 1. The highest BCUT2D eigenvalue weighted by atomic mass is 32.1. The van der Waals surface area contributed by atoms with E-state index in [1.54, 1.807) is 0 Å². The van der Waals surface area contributed by atoms with Crippen LogP contribution in [0.25, 0.3) is 5.69 Å². The Bertz CT molecular complexity index is 640. The van der Waals surface area contributed by atoms with Crippen molar-refractivity contribution in [1.29, 1.82) is 0 Å². The summed E-state index contributed by atoms with van der Waals surface area (Å²) < 4.78 is 2.71. The number of H-pyrrole nitrogens is 1. The van der Waals surface area contributed by atoms with E-state index in [2.05, 4.69) is 41.1 Å². The molecule has 1 aromatic carbocycles. The van der Waals surface area contributed by atoms with Crippen molar-refractivity contribution in [3.8, 4) is 5.69 Å². The van der Waals surface area contributed by atoms with Crippen molar-refractivity contribution >= 4 is 18.2 Å². The van der Waals surface area contributed by atoms with E-state index in [-0.39, 0.29) is 0 Å². The van der Waals surface area contributed by atoms with Crippen molar-refractivity contribution in [1.82, 2.24) is 14.8 Å². The fourth-order valence-corrected chi connectivity index (χ4v) is 2.75. The van der Waals surface area contributed by atoms with E-state index < -0.39 is 0 Å². The molecule has 1 aromatic heterocycles. The number of para-hydroxylation sites is 1. The number of aromatic amines is 1. The second-order valence-corrected chi connectivity index (χ2v) is 6.49. The Morgan fingerprint density at radius 2 is 2.05 bits per heavy atom. The van der Waals surface area contributed by atoms with Crippen molar-refractivity contribution in [2.45, 2.75) is 39.2 Å². The Balaban J connectivity index is 1.95. The van der Waals surface area contributed by atoms with E-state index >= 15 is 0 Å². The van der Waals surface area contributed by atoms with Gasteiger partial charge in [0.2, 0.25) is 10.7 Å². The molecule has 1 aliphatic rings. The van der Waals surface area contributed by atoms with Gasteiger partial charge in [0.1, 0.15) is 0 Å². The van der Waals surface area contributed by atoms with Crippen LogP contribution in [0, 0.1) is 10.7 Å². The number of hydrogen-bond donors (Lipinski definition) is 1. The van der Waals surface area contributed by atoms with E-state index in [9.17, 15) is 0 Å². The molecular weight excluding hydrogens is 280 g/mol. The predicted octanol–water partition coefficient (Wildman–Crippen LogP) is 3.94. The minimum Gasteiger partial charge on any atom is -0.338 e. The average Bonchev–Trinajstić information content (AvgIpc) is 3.23. The zero-order valence-corrected chi connectivity index (χ0v) is 13.4. The number of aromatic nitrogens is 3. The van der Waals surface area contributed by atoms with Crippen molar-refractivity contribution in [3.63, 3.8) is 0 Å². The number of nitrogens with zero attached hydrogens (tertiary/aromatic N) is 3. The SMILES string of the molecule is CC(C)CCN(c1n[nH]c(=S)n1-c1ccccc1)C1CC1. The van der Waals surface area contributed by atoms with Gasteiger partial charge >= 0.3 is 0 Å². The Kier molecular flexibility index (Phi) is 4.10. The Hall–Kier alpha value is -1.62. The number of rotatable bonds is 6. The maximum Gasteiger partial charge on any atom is 0.230 e. The lowest BCUT2D eigenvalue weighted by atomic mass is 10.1. The van der Waals surface area contributed by atoms with Gasteiger partial charge in [-0.3, -0.25) is 4.57 Å². The molecule has 0 unspecified atom stereocenters. The molecule has 0 atom stereocenters. The first-order valence-electron chi connectivity index (χ1n) is 7.66. The minimum absolute atomic E-state index is 0.622. The molecule has 0 saturated heterocycles. The fourth-order valence-electron chi connectivity index (χ4n) is 2.52. The highest BCUT2D eigenvalue weighted by Crippen LogP contribution is 2.32. The maximum absolute atomic E-state index is 5.44. The molecule has 4 nitrogen and oxygen atoms in total. The molecule has 1 heterocycles. The molecule has 0 amide bonds. The summed E-state index contributed by atoms with van der Waals surface area (Å²) in [6, 6.07) is 10.8. The summed E-state index contributed by atoms with van der Waals surface area (Å²) >= 11 is 5.44. The van der Waals surface area contributed by atoms with Gasteiger partial charge in [0.15, 0.2) is 0 Å². The first-order valence-corrected chi connectivity index (χ1v) is 8.07. The molecular formula is C16H22N4S. The number of anilines is 1. The topological polar surface area (TPSA) is 36.9 Å². The summed E-state index contributed by atoms with van der Waals surface area (Å²) in [5.41, 5.74) is 1.07. The molecule has 0 spiro atoms. The monoisotopic (exact) mass is 302 g/mol. The summed E-state index contributed by atoms with van der Waals surface area (Å²) in [5.74, 6) is 1.65. The van der Waals surface area contributed by atoms with Crippen LogP contribution in [0.15, 0.2) is 30.3 Å². The summed E-state index contributed by atoms with van der Waals surface area (Å²) in [5, 5.41) is 7.46. The molecule has 1 N–H and O–H groups in total. The van der Waals surface area contributed by atoms with Crippen LogP contribution in [-0.4, -0.2) is 27.4 Å². The summed E-state index contributed by atoms with van der Waals surface area (Å²) in [4.78, 5) is 2.42. The highest BCUT2D eigenvalue weighted by molar-refractivity contribution is 7.71. The Labute approximate surface area is 130 Å². The highest BCUT2D eigenvalue weighted by Gasteiger charge is 2.32. The largest absolute Gasteiger partial charge is 0.338 e. The third-order valence-electron chi connectivity index (χ3n) is 3.86. The molecule has 5 heteroatoms. The molecule has 3 rings (SSSR count). The van der Waals surface area contributed by atoms with Gasteiger partial charge in [-0.1, -0.05) is 32.0 Å². The van der Waals surface area contributed by atoms with Crippen LogP contribution in [0.3, 0.4) is 0 Å². The second-order valence-electron chi connectivity index (χ2n) is 6.11. The zero-order chi connectivity index (χ0) is 14.8. The van der Waals surface area contributed by atoms with Gasteiger partial charge in [-0.05, 0) is 49.5 Å². The van der Waals surface area contributed by atoms with E-state index in [4.69, 9.17) is 12.2 Å². The molecule has 0 radical (unpaired) electrons. The second kappa shape index (κ2) is 6.02. The standard InChI is InChI=1S/C16H22N4S/c1-12(2)10-11-19(13-8-9-13)15-17-18-16(21)20(15)14-6-4-3-5-7-14/h3-7,12-13H,8-11H2,1-2H3,(H,18,21). The third kappa shape index (κ3) is 3.18. The zero-order valence-electron chi connectivity index (χ0n) is 12.6. The summed E-state index contributed by atoms with van der Waals surface area (Å²) in [6.45, 7) is 5.56. The molecule has 1 saturated carbocycles. The van der Waals surface area contributed by atoms with Gasteiger partial charge in [-0.25, -0.2) is 5.10 Å². The quantitative estimate of drug-likeness (QED) is 0.821. The number of benzene rings is 1. The molecule has 0 aliphatic heterocycles. The van der Waals surface area contributed by atoms with Crippen LogP contribution in [0.2, 0.25) is 0 Å². The van der Waals surface area contributed by atoms with Crippen LogP contribution in [0.1, 0.15) is 33.1 Å². The lowest BCUT2D eigenvalue weighted by Crippen LogP contribution is -2.30. The van der Waals surface area contributed by atoms with Gasteiger partial charge in [0.05, 0.1) is 5.69 Å². The van der Waals surface area contributed by atoms with Gasteiger partial charge in [-0.2, -0.15) is 0 Å². The van der Waals surface area contributed by atoms with E-state index in [0.29, 0.717) is 16.7 Å². The van der Waals surface area contributed by atoms with Gasteiger partial charge < -0.3 is 4.90 Å². The lowest BCUT2D eigenvalue weighted by molar-refractivity contribution is 0.564. The smallest absolute Gasteiger partial charge is 0.230 e. The predicted molar refractivity (Wildman–Crippen MR) is 88.6 cm³/mol. The lowest BCUT2D eigenvalue weighted by Gasteiger charge is -2.24. The minimum atomic E-state index is 0.622. The van der Waals surface area contributed by atoms with E-state index in [1.165, 1.54) is 19.3 Å². The third-order valence-corrected chi connectivity index (χ3v) is 4.13. The maximum atomic E-state index is 5.44. The van der Waals surface area contributed by atoms with Crippen molar-refractivity contribution in [2.24, 2.45) is 5.92 Å². The van der Waals surface area contributed by atoms with Crippen LogP contribution in [0.5, 0.6) is 0 Å². The number of hydrogen-bond acceptors (Lipinski definition) is 3. The molecule has 1 aliphatic carbocycles.